The molecule has 1 unspecified atom stereocenters. The standard InChI is InChI=1S/C21H20ClN5O3/c1-12-18(20(23)28)19(27-21(26-12)24-11-25-27)14-5-8-16(17(9-14)29-2)30-10-13-3-6-15(22)7-4-13/h3-9,11,19H,10H2,1-2H3,(H2,23,28)(H,24,25,26). The third kappa shape index (κ3) is 3.69. The quantitative estimate of drug-likeness (QED) is 0.628. The van der Waals surface area contributed by atoms with Gasteiger partial charge in [0.05, 0.1) is 12.7 Å². The maximum absolute atomic E-state index is 12.2. The molecule has 4 rings (SSSR count). The van der Waals surface area contributed by atoms with E-state index in [0.29, 0.717) is 40.3 Å². The number of nitrogens with zero attached hydrogens (tertiary/aromatic N) is 3. The lowest BCUT2D eigenvalue weighted by Crippen LogP contribution is -2.31. The summed E-state index contributed by atoms with van der Waals surface area (Å²) < 4.78 is 13.1. The van der Waals surface area contributed by atoms with Crippen LogP contribution in [0.4, 0.5) is 5.95 Å². The van der Waals surface area contributed by atoms with Gasteiger partial charge in [-0.3, -0.25) is 4.79 Å². The number of carbonyl (C=O) groups is 1. The second-order valence-electron chi connectivity index (χ2n) is 6.78. The van der Waals surface area contributed by atoms with Gasteiger partial charge in [-0.25, -0.2) is 4.68 Å². The predicted molar refractivity (Wildman–Crippen MR) is 112 cm³/mol. The highest BCUT2D eigenvalue weighted by molar-refractivity contribution is 6.30. The Kier molecular flexibility index (Phi) is 5.33. The summed E-state index contributed by atoms with van der Waals surface area (Å²) in [5.41, 5.74) is 8.46. The number of primary amides is 1. The van der Waals surface area contributed by atoms with Gasteiger partial charge in [-0.2, -0.15) is 10.1 Å². The number of anilines is 1. The first-order chi connectivity index (χ1) is 14.5. The summed E-state index contributed by atoms with van der Waals surface area (Å²) in [4.78, 5) is 16.4. The Labute approximate surface area is 178 Å². The van der Waals surface area contributed by atoms with E-state index in [1.54, 1.807) is 24.8 Å². The minimum atomic E-state index is -0.534. The molecule has 8 nitrogen and oxygen atoms in total. The zero-order valence-electron chi connectivity index (χ0n) is 16.4. The molecular formula is C21H20ClN5O3. The van der Waals surface area contributed by atoms with Crippen LogP contribution in [0.5, 0.6) is 11.5 Å². The molecule has 2 aromatic carbocycles. The van der Waals surface area contributed by atoms with Gasteiger partial charge in [-0.1, -0.05) is 29.8 Å². The van der Waals surface area contributed by atoms with E-state index >= 15 is 0 Å². The maximum atomic E-state index is 12.2. The number of amides is 1. The first-order valence-corrected chi connectivity index (χ1v) is 9.58. The van der Waals surface area contributed by atoms with E-state index in [1.807, 2.05) is 36.4 Å². The number of carbonyl (C=O) groups excluding carboxylic acids is 1. The summed E-state index contributed by atoms with van der Waals surface area (Å²) in [6.07, 6.45) is 1.42. The molecule has 0 bridgehead atoms. The topological polar surface area (TPSA) is 104 Å². The minimum absolute atomic E-state index is 0.360. The molecule has 1 atom stereocenters. The first-order valence-electron chi connectivity index (χ1n) is 9.20. The van der Waals surface area contributed by atoms with E-state index in [2.05, 4.69) is 15.4 Å². The van der Waals surface area contributed by atoms with Crippen molar-refractivity contribution in [3.05, 3.63) is 76.2 Å². The first kappa shape index (κ1) is 19.8. The van der Waals surface area contributed by atoms with Crippen LogP contribution in [0.1, 0.15) is 24.1 Å². The number of ether oxygens (including phenoxy) is 2. The number of methoxy groups -OCH3 is 1. The number of halogens is 1. The highest BCUT2D eigenvalue weighted by Gasteiger charge is 2.32. The zero-order valence-corrected chi connectivity index (χ0v) is 17.2. The summed E-state index contributed by atoms with van der Waals surface area (Å²) in [6, 6.07) is 12.4. The van der Waals surface area contributed by atoms with Gasteiger partial charge in [0.25, 0.3) is 0 Å². The third-order valence-electron chi connectivity index (χ3n) is 4.87. The van der Waals surface area contributed by atoms with Crippen LogP contribution in [0.25, 0.3) is 0 Å². The van der Waals surface area contributed by atoms with Crippen molar-refractivity contribution in [2.45, 2.75) is 19.6 Å². The predicted octanol–water partition coefficient (Wildman–Crippen LogP) is 3.29. The molecule has 9 heteroatoms. The van der Waals surface area contributed by atoms with Gasteiger partial charge < -0.3 is 20.5 Å². The summed E-state index contributed by atoms with van der Waals surface area (Å²) in [5, 5.41) is 7.99. The van der Waals surface area contributed by atoms with Crippen LogP contribution in [0, 0.1) is 0 Å². The van der Waals surface area contributed by atoms with Gasteiger partial charge in [-0.05, 0) is 42.3 Å². The summed E-state index contributed by atoms with van der Waals surface area (Å²) in [6.45, 7) is 2.14. The van der Waals surface area contributed by atoms with E-state index < -0.39 is 11.9 Å². The van der Waals surface area contributed by atoms with Crippen molar-refractivity contribution < 1.29 is 14.3 Å². The number of benzene rings is 2. The van der Waals surface area contributed by atoms with Crippen molar-refractivity contribution in [2.24, 2.45) is 5.73 Å². The summed E-state index contributed by atoms with van der Waals surface area (Å²) in [7, 11) is 1.56. The van der Waals surface area contributed by atoms with Crippen molar-refractivity contribution in [2.75, 3.05) is 12.4 Å². The average molecular weight is 426 g/mol. The Morgan fingerprint density at radius 3 is 2.70 bits per heavy atom. The Balaban J connectivity index is 1.66. The summed E-state index contributed by atoms with van der Waals surface area (Å²) >= 11 is 5.93. The molecule has 0 radical (unpaired) electrons. The molecule has 1 aliphatic rings. The molecule has 1 aliphatic heterocycles. The Morgan fingerprint density at radius 1 is 1.23 bits per heavy atom. The largest absolute Gasteiger partial charge is 0.493 e. The van der Waals surface area contributed by atoms with Crippen LogP contribution in [-0.4, -0.2) is 27.8 Å². The Hall–Kier alpha value is -3.52. The number of hydrogen-bond donors (Lipinski definition) is 2. The van der Waals surface area contributed by atoms with E-state index in [1.165, 1.54) is 6.33 Å². The molecule has 30 heavy (non-hydrogen) atoms. The van der Waals surface area contributed by atoms with Crippen molar-refractivity contribution in [1.82, 2.24) is 14.8 Å². The lowest BCUT2D eigenvalue weighted by Gasteiger charge is -2.28. The molecule has 0 saturated carbocycles. The van der Waals surface area contributed by atoms with Gasteiger partial charge in [0.15, 0.2) is 11.5 Å². The number of nitrogens with one attached hydrogen (secondary N) is 1. The fraction of sp³-hybridized carbons (Fsp3) is 0.190. The Morgan fingerprint density at radius 2 is 2.00 bits per heavy atom. The molecule has 1 amide bonds. The number of rotatable bonds is 6. The normalized spacial score (nSPS) is 15.4. The molecule has 154 valence electrons. The molecule has 1 aromatic heterocycles. The van der Waals surface area contributed by atoms with Crippen molar-refractivity contribution in [3.63, 3.8) is 0 Å². The number of allylic oxidation sites excluding steroid dienone is 1. The number of nitrogens with two attached hydrogens (primary N) is 1. The smallest absolute Gasteiger partial charge is 0.248 e. The molecule has 0 fully saturated rings. The van der Waals surface area contributed by atoms with Crippen LogP contribution in [0.15, 0.2) is 60.1 Å². The fourth-order valence-corrected chi connectivity index (χ4v) is 3.56. The van der Waals surface area contributed by atoms with Crippen LogP contribution in [0.3, 0.4) is 0 Å². The zero-order chi connectivity index (χ0) is 21.3. The van der Waals surface area contributed by atoms with Crippen molar-refractivity contribution in [3.8, 4) is 11.5 Å². The highest BCUT2D eigenvalue weighted by Crippen LogP contribution is 2.38. The molecule has 0 aliphatic carbocycles. The van der Waals surface area contributed by atoms with E-state index in [9.17, 15) is 4.79 Å². The second kappa shape index (κ2) is 8.08. The molecular weight excluding hydrogens is 406 g/mol. The lowest BCUT2D eigenvalue weighted by atomic mass is 9.95. The van der Waals surface area contributed by atoms with Crippen LogP contribution < -0.4 is 20.5 Å². The van der Waals surface area contributed by atoms with Gasteiger partial charge in [0.2, 0.25) is 11.9 Å². The van der Waals surface area contributed by atoms with Crippen LogP contribution in [0.2, 0.25) is 5.02 Å². The summed E-state index contributed by atoms with van der Waals surface area (Å²) in [5.74, 6) is 1.10. The minimum Gasteiger partial charge on any atom is -0.493 e. The van der Waals surface area contributed by atoms with Gasteiger partial charge >= 0.3 is 0 Å². The van der Waals surface area contributed by atoms with Crippen molar-refractivity contribution in [1.29, 1.82) is 0 Å². The van der Waals surface area contributed by atoms with E-state index in [-0.39, 0.29) is 0 Å². The van der Waals surface area contributed by atoms with E-state index in [4.69, 9.17) is 26.8 Å². The van der Waals surface area contributed by atoms with Gasteiger partial charge in [0.1, 0.15) is 19.0 Å². The van der Waals surface area contributed by atoms with Crippen LogP contribution >= 0.6 is 11.6 Å². The molecule has 3 aromatic rings. The SMILES string of the molecule is COc1cc(C2C(C(N)=O)=C(C)Nc3ncnn32)ccc1OCc1ccc(Cl)cc1. The monoisotopic (exact) mass is 425 g/mol. The maximum Gasteiger partial charge on any atom is 0.248 e. The lowest BCUT2D eigenvalue weighted by molar-refractivity contribution is -0.115. The average Bonchev–Trinajstić information content (AvgIpc) is 3.20. The molecule has 0 spiro atoms. The van der Waals surface area contributed by atoms with Gasteiger partial charge in [-0.15, -0.1) is 0 Å². The third-order valence-corrected chi connectivity index (χ3v) is 5.12. The Bertz CT molecular complexity index is 1120. The number of fused-ring (bicyclic) bond motifs is 1. The number of hydrogen-bond acceptors (Lipinski definition) is 6. The molecule has 3 N–H and O–H groups in total. The highest BCUT2D eigenvalue weighted by atomic mass is 35.5. The van der Waals surface area contributed by atoms with Crippen molar-refractivity contribution >= 4 is 23.5 Å². The molecule has 0 saturated heterocycles. The number of aromatic nitrogens is 3. The van der Waals surface area contributed by atoms with Gasteiger partial charge in [0, 0.05) is 10.7 Å². The van der Waals surface area contributed by atoms with E-state index in [0.717, 1.165) is 11.1 Å². The second-order valence-corrected chi connectivity index (χ2v) is 7.22. The van der Waals surface area contributed by atoms with Crippen LogP contribution in [-0.2, 0) is 11.4 Å². The molecule has 2 heterocycles. The fourth-order valence-electron chi connectivity index (χ4n) is 3.43.